The quantitative estimate of drug-likeness (QED) is 0.275. The normalized spacial score (nSPS) is 50.9. The first-order valence-corrected chi connectivity index (χ1v) is 22.5. The maximum absolute atomic E-state index is 12.7. The number of likely N-dealkylation sites (tertiary alicyclic amines) is 1. The second-order valence-electron chi connectivity index (χ2n) is 21.9. The Balaban J connectivity index is 0.892. The van der Waals surface area contributed by atoms with Crippen molar-refractivity contribution in [3.63, 3.8) is 0 Å². The van der Waals surface area contributed by atoms with Crippen LogP contribution in [0.2, 0.25) is 0 Å². The third kappa shape index (κ3) is 5.47. The minimum Gasteiger partial charge on any atom is -0.390 e. The van der Waals surface area contributed by atoms with Gasteiger partial charge in [0.05, 0.1) is 36.6 Å². The summed E-state index contributed by atoms with van der Waals surface area (Å²) in [6, 6.07) is 1.54. The molecule has 9 fully saturated rings. The van der Waals surface area contributed by atoms with Crippen molar-refractivity contribution in [3.8, 4) is 0 Å². The lowest BCUT2D eigenvalue weighted by molar-refractivity contribution is -0.251. The van der Waals surface area contributed by atoms with Gasteiger partial charge in [-0.2, -0.15) is 0 Å². The standard InChI is InChI=1S/C45H76N2O6/c1-9-50-39(41(5,6)49)31-25-28(2)36-37(52-31)38(48)43(8)33-14-13-32-40(3,4)34(15-18-44(32)27-45(33,44)20-19-42(36,43)7)53-35-26-47(23-24-51-35)30-16-21-46(22-17-30)29-11-10-12-29/h28-39,48-49H,9-27H2,1-8H3/t28-,31?,32+,33?,34+,35+,36+,37?,38+,39+,42-,43-,44-,45+/m1/s1. The number of aliphatic hydroxyl groups excluding tert-OH is 1. The van der Waals surface area contributed by atoms with Crippen molar-refractivity contribution < 1.29 is 29.2 Å². The number of morpholine rings is 1. The number of hydrogen-bond acceptors (Lipinski definition) is 8. The molecule has 0 bridgehead atoms. The fraction of sp³-hybridized carbons (Fsp3) is 1.00. The molecule has 14 atom stereocenters. The van der Waals surface area contributed by atoms with Crippen LogP contribution in [-0.2, 0) is 18.9 Å². The van der Waals surface area contributed by atoms with E-state index in [0.29, 0.717) is 47.2 Å². The molecule has 0 amide bonds. The molecule has 53 heavy (non-hydrogen) atoms. The lowest BCUT2D eigenvalue weighted by Gasteiger charge is -2.64. The van der Waals surface area contributed by atoms with Crippen LogP contribution in [0.1, 0.15) is 139 Å². The SMILES string of the molecule is CCO[C@@H](C1C[C@@H](C)[C@H]2C(O1)[C@H](O)[C@@]1(C)C3CC[C@H]4C(C)(C)[C@@H](O[C@H]5CN(C6CCN(C7CCC7)CC6)CCO5)CC[C@@]45C[C@@]35CC[C@]21C)C(C)(C)O. The Morgan fingerprint density at radius 3 is 2.25 bits per heavy atom. The number of aliphatic hydroxyl groups is 2. The van der Waals surface area contributed by atoms with Crippen LogP contribution in [-0.4, -0.2) is 114 Å². The molecule has 3 unspecified atom stereocenters. The smallest absolute Gasteiger partial charge is 0.170 e. The zero-order valence-corrected chi connectivity index (χ0v) is 34.8. The fourth-order valence-corrected chi connectivity index (χ4v) is 16.3. The topological polar surface area (TPSA) is 83.9 Å². The van der Waals surface area contributed by atoms with Gasteiger partial charge in [0.15, 0.2) is 6.29 Å². The van der Waals surface area contributed by atoms with Crippen LogP contribution in [0, 0.1) is 50.7 Å². The zero-order chi connectivity index (χ0) is 37.3. The third-order valence-corrected chi connectivity index (χ3v) is 19.1. The summed E-state index contributed by atoms with van der Waals surface area (Å²) in [4.78, 5) is 5.48. The highest BCUT2D eigenvalue weighted by Gasteiger charge is 2.84. The number of piperidine rings is 1. The first kappa shape index (κ1) is 38.2. The van der Waals surface area contributed by atoms with Crippen molar-refractivity contribution in [2.75, 3.05) is 39.4 Å². The van der Waals surface area contributed by atoms with Crippen LogP contribution in [0.25, 0.3) is 0 Å². The summed E-state index contributed by atoms with van der Waals surface area (Å²) >= 11 is 0. The number of ether oxygens (including phenoxy) is 4. The van der Waals surface area contributed by atoms with Gasteiger partial charge in [-0.05, 0) is 156 Å². The molecule has 3 saturated heterocycles. The Morgan fingerprint density at radius 1 is 0.868 bits per heavy atom. The van der Waals surface area contributed by atoms with Crippen LogP contribution in [0.4, 0.5) is 0 Å². The van der Waals surface area contributed by atoms with Crippen molar-refractivity contribution in [1.82, 2.24) is 9.80 Å². The average molecular weight is 741 g/mol. The highest BCUT2D eigenvalue weighted by atomic mass is 16.7. The molecule has 0 radical (unpaired) electrons. The molecule has 8 heteroatoms. The van der Waals surface area contributed by atoms with Crippen molar-refractivity contribution in [2.45, 2.75) is 193 Å². The molecule has 2 N–H and O–H groups in total. The monoisotopic (exact) mass is 741 g/mol. The Bertz CT molecular complexity index is 1360. The second-order valence-corrected chi connectivity index (χ2v) is 21.9. The summed E-state index contributed by atoms with van der Waals surface area (Å²) in [5.74, 6) is 1.87. The summed E-state index contributed by atoms with van der Waals surface area (Å²) in [7, 11) is 0. The van der Waals surface area contributed by atoms with Gasteiger partial charge in [-0.15, -0.1) is 0 Å². The second kappa shape index (κ2) is 13.1. The molecule has 0 aromatic rings. The van der Waals surface area contributed by atoms with Crippen LogP contribution in [0.5, 0.6) is 0 Å². The fourth-order valence-electron chi connectivity index (χ4n) is 16.3. The molecule has 2 spiro atoms. The first-order valence-electron chi connectivity index (χ1n) is 22.5. The molecule has 3 heterocycles. The molecule has 0 aromatic carbocycles. The predicted molar refractivity (Wildman–Crippen MR) is 206 cm³/mol. The number of fused-ring (bicyclic) bond motifs is 4. The van der Waals surface area contributed by atoms with Gasteiger partial charge in [0.2, 0.25) is 0 Å². The van der Waals surface area contributed by atoms with Crippen LogP contribution in [0.15, 0.2) is 0 Å². The molecular formula is C45H76N2O6. The van der Waals surface area contributed by atoms with Crippen LogP contribution < -0.4 is 0 Å². The van der Waals surface area contributed by atoms with Gasteiger partial charge in [0, 0.05) is 37.2 Å². The summed E-state index contributed by atoms with van der Waals surface area (Å²) in [5, 5.41) is 23.8. The van der Waals surface area contributed by atoms with Gasteiger partial charge in [-0.25, -0.2) is 0 Å². The minimum atomic E-state index is -1.01. The molecule has 9 aliphatic rings. The molecule has 0 aromatic heterocycles. The summed E-state index contributed by atoms with van der Waals surface area (Å²) in [5.41, 5.74) is -0.411. The zero-order valence-electron chi connectivity index (χ0n) is 34.8. The van der Waals surface area contributed by atoms with Gasteiger partial charge in [-0.1, -0.05) is 41.0 Å². The van der Waals surface area contributed by atoms with Crippen molar-refractivity contribution in [2.24, 2.45) is 50.7 Å². The van der Waals surface area contributed by atoms with Crippen molar-refractivity contribution in [3.05, 3.63) is 0 Å². The lowest BCUT2D eigenvalue weighted by Crippen LogP contribution is -2.60. The van der Waals surface area contributed by atoms with E-state index in [1.807, 2.05) is 20.8 Å². The van der Waals surface area contributed by atoms with Gasteiger partial charge in [-0.3, -0.25) is 4.90 Å². The number of nitrogens with zero attached hydrogens (tertiary/aromatic N) is 2. The van der Waals surface area contributed by atoms with E-state index in [4.69, 9.17) is 18.9 Å². The molecule has 6 aliphatic carbocycles. The van der Waals surface area contributed by atoms with Gasteiger partial charge in [0.25, 0.3) is 0 Å². The summed E-state index contributed by atoms with van der Waals surface area (Å²) in [6.45, 7) is 24.0. The van der Waals surface area contributed by atoms with E-state index in [0.717, 1.165) is 38.6 Å². The van der Waals surface area contributed by atoms with Gasteiger partial charge >= 0.3 is 0 Å². The van der Waals surface area contributed by atoms with Gasteiger partial charge in [0.1, 0.15) is 6.10 Å². The Morgan fingerprint density at radius 2 is 1.57 bits per heavy atom. The molecule has 6 saturated carbocycles. The molecule has 8 nitrogen and oxygen atoms in total. The largest absolute Gasteiger partial charge is 0.390 e. The predicted octanol–water partition coefficient (Wildman–Crippen LogP) is 7.04. The number of rotatable bonds is 8. The summed E-state index contributed by atoms with van der Waals surface area (Å²) < 4.78 is 26.7. The molecular weight excluding hydrogens is 665 g/mol. The first-order chi connectivity index (χ1) is 25.1. The Labute approximate surface area is 321 Å². The molecule has 9 rings (SSSR count). The van der Waals surface area contributed by atoms with Crippen molar-refractivity contribution in [1.29, 1.82) is 0 Å². The van der Waals surface area contributed by atoms with Gasteiger partial charge < -0.3 is 34.1 Å². The molecule has 3 aliphatic heterocycles. The van der Waals surface area contributed by atoms with E-state index < -0.39 is 17.8 Å². The Kier molecular flexibility index (Phi) is 9.44. The minimum absolute atomic E-state index is 0.0255. The Hall–Kier alpha value is -0.320. The maximum Gasteiger partial charge on any atom is 0.170 e. The third-order valence-electron chi connectivity index (χ3n) is 19.1. The maximum atomic E-state index is 12.7. The van der Waals surface area contributed by atoms with Crippen LogP contribution >= 0.6 is 0 Å². The lowest BCUT2D eigenvalue weighted by atomic mass is 9.41. The number of hydrogen-bond donors (Lipinski definition) is 2. The highest BCUT2D eigenvalue weighted by molar-refractivity contribution is 5.33. The van der Waals surface area contributed by atoms with E-state index >= 15 is 0 Å². The van der Waals surface area contributed by atoms with E-state index in [2.05, 4.69) is 44.4 Å². The van der Waals surface area contributed by atoms with E-state index in [9.17, 15) is 10.2 Å². The van der Waals surface area contributed by atoms with E-state index in [1.165, 1.54) is 83.7 Å². The average Bonchev–Trinajstić information content (AvgIpc) is 3.72. The van der Waals surface area contributed by atoms with E-state index in [1.54, 1.807) is 0 Å². The van der Waals surface area contributed by atoms with E-state index in [-0.39, 0.29) is 40.8 Å². The summed E-state index contributed by atoms with van der Waals surface area (Å²) in [6.07, 6.45) is 15.1. The highest BCUT2D eigenvalue weighted by Crippen LogP contribution is 2.89. The van der Waals surface area contributed by atoms with Crippen molar-refractivity contribution >= 4 is 0 Å². The van der Waals surface area contributed by atoms with Crippen LogP contribution in [0.3, 0.4) is 0 Å². The molecule has 302 valence electrons.